The molecule has 2 aromatic rings. The lowest BCUT2D eigenvalue weighted by molar-refractivity contribution is 1.24. The molecule has 0 spiro atoms. The highest BCUT2D eigenvalue weighted by Crippen LogP contribution is 2.26. The van der Waals surface area contributed by atoms with Gasteiger partial charge in [0.2, 0.25) is 0 Å². The number of halogens is 2. The largest absolute Gasteiger partial charge is 0.338 e. The zero-order chi connectivity index (χ0) is 11.5. The predicted molar refractivity (Wildman–Crippen MR) is 79.1 cm³/mol. The summed E-state index contributed by atoms with van der Waals surface area (Å²) in [6.45, 7) is 2.02. The summed E-state index contributed by atoms with van der Waals surface area (Å²) in [4.78, 5) is 4.35. The summed E-state index contributed by atoms with van der Waals surface area (Å²) in [6, 6.07) is 10.2. The second-order valence-electron chi connectivity index (χ2n) is 3.45. The van der Waals surface area contributed by atoms with Crippen molar-refractivity contribution in [3.05, 3.63) is 50.1 Å². The van der Waals surface area contributed by atoms with Crippen molar-refractivity contribution in [1.29, 1.82) is 0 Å². The van der Waals surface area contributed by atoms with Crippen LogP contribution in [0.5, 0.6) is 0 Å². The fourth-order valence-electron chi connectivity index (χ4n) is 1.32. The van der Waals surface area contributed by atoms with Gasteiger partial charge in [-0.3, -0.25) is 0 Å². The van der Waals surface area contributed by atoms with Gasteiger partial charge in [-0.05, 0) is 69.2 Å². The van der Waals surface area contributed by atoms with Gasteiger partial charge in [0.05, 0.1) is 10.2 Å². The van der Waals surface area contributed by atoms with E-state index >= 15 is 0 Å². The maximum Gasteiger partial charge on any atom is 0.144 e. The number of rotatable bonds is 2. The summed E-state index contributed by atoms with van der Waals surface area (Å²) in [5.41, 5.74) is 2.21. The SMILES string of the molecule is Cc1cnc(Nc2ccccc2I)c(Br)c1. The molecule has 0 amide bonds. The van der Waals surface area contributed by atoms with E-state index in [0.717, 1.165) is 21.5 Å². The highest BCUT2D eigenvalue weighted by atomic mass is 127. The monoisotopic (exact) mass is 388 g/mol. The summed E-state index contributed by atoms with van der Waals surface area (Å²) in [5.74, 6) is 0.842. The van der Waals surface area contributed by atoms with Gasteiger partial charge in [-0.1, -0.05) is 12.1 Å². The van der Waals surface area contributed by atoms with E-state index in [1.54, 1.807) is 0 Å². The molecule has 0 fully saturated rings. The fourth-order valence-corrected chi connectivity index (χ4v) is 2.40. The Bertz CT molecular complexity index is 514. The summed E-state index contributed by atoms with van der Waals surface area (Å²) < 4.78 is 2.15. The van der Waals surface area contributed by atoms with E-state index in [-0.39, 0.29) is 0 Å². The highest BCUT2D eigenvalue weighted by molar-refractivity contribution is 14.1. The van der Waals surface area contributed by atoms with Crippen molar-refractivity contribution >= 4 is 50.0 Å². The molecule has 1 aromatic heterocycles. The number of nitrogens with zero attached hydrogens (tertiary/aromatic N) is 1. The molecule has 0 aliphatic carbocycles. The Kier molecular flexibility index (Phi) is 3.81. The van der Waals surface area contributed by atoms with Crippen LogP contribution < -0.4 is 5.32 Å². The number of aryl methyl sites for hydroxylation is 1. The van der Waals surface area contributed by atoms with E-state index < -0.39 is 0 Å². The molecule has 1 heterocycles. The third-order valence-corrected chi connectivity index (χ3v) is 3.65. The molecule has 2 nitrogen and oxygen atoms in total. The first-order valence-corrected chi connectivity index (χ1v) is 6.67. The molecular formula is C12H10BrIN2. The van der Waals surface area contributed by atoms with Gasteiger partial charge in [-0.2, -0.15) is 0 Å². The number of pyridine rings is 1. The van der Waals surface area contributed by atoms with Crippen LogP contribution in [0.25, 0.3) is 0 Å². The number of hydrogen-bond acceptors (Lipinski definition) is 2. The van der Waals surface area contributed by atoms with Gasteiger partial charge in [0.25, 0.3) is 0 Å². The Morgan fingerprint density at radius 2 is 2.06 bits per heavy atom. The molecule has 0 radical (unpaired) electrons. The molecule has 16 heavy (non-hydrogen) atoms. The van der Waals surface area contributed by atoms with E-state index in [2.05, 4.69) is 54.9 Å². The topological polar surface area (TPSA) is 24.9 Å². The first-order valence-electron chi connectivity index (χ1n) is 4.80. The Hall–Kier alpha value is -0.620. The number of nitrogens with one attached hydrogen (secondary N) is 1. The lowest BCUT2D eigenvalue weighted by atomic mass is 10.3. The van der Waals surface area contributed by atoms with Gasteiger partial charge in [-0.15, -0.1) is 0 Å². The molecule has 0 saturated heterocycles. The smallest absolute Gasteiger partial charge is 0.144 e. The standard InChI is InChI=1S/C12H10BrIN2/c1-8-6-9(13)12(15-7-8)16-11-5-3-2-4-10(11)14/h2-7H,1H3,(H,15,16). The summed E-state index contributed by atoms with van der Waals surface area (Å²) in [6.07, 6.45) is 1.85. The quantitative estimate of drug-likeness (QED) is 0.766. The number of benzene rings is 1. The molecule has 0 aliphatic heterocycles. The van der Waals surface area contributed by atoms with Crippen LogP contribution in [0.1, 0.15) is 5.56 Å². The van der Waals surface area contributed by atoms with Crippen molar-refractivity contribution in [2.24, 2.45) is 0 Å². The Balaban J connectivity index is 2.31. The second-order valence-corrected chi connectivity index (χ2v) is 5.46. The minimum Gasteiger partial charge on any atom is -0.338 e. The van der Waals surface area contributed by atoms with Crippen molar-refractivity contribution in [2.75, 3.05) is 5.32 Å². The number of aromatic nitrogens is 1. The molecule has 2 rings (SSSR count). The normalized spacial score (nSPS) is 10.2. The van der Waals surface area contributed by atoms with Crippen molar-refractivity contribution in [3.63, 3.8) is 0 Å². The van der Waals surface area contributed by atoms with E-state index in [9.17, 15) is 0 Å². The van der Waals surface area contributed by atoms with Gasteiger partial charge in [0.1, 0.15) is 5.82 Å². The Morgan fingerprint density at radius 3 is 2.75 bits per heavy atom. The molecule has 0 aliphatic rings. The van der Waals surface area contributed by atoms with Crippen molar-refractivity contribution in [1.82, 2.24) is 4.98 Å². The highest BCUT2D eigenvalue weighted by Gasteiger charge is 2.04. The van der Waals surface area contributed by atoms with E-state index in [0.29, 0.717) is 0 Å². The summed E-state index contributed by atoms with van der Waals surface area (Å²) >= 11 is 5.80. The minimum absolute atomic E-state index is 0.842. The average Bonchev–Trinajstić information content (AvgIpc) is 2.25. The molecular weight excluding hydrogens is 379 g/mol. The molecule has 82 valence electrons. The zero-order valence-electron chi connectivity index (χ0n) is 8.67. The van der Waals surface area contributed by atoms with Gasteiger partial charge in [-0.25, -0.2) is 4.98 Å². The summed E-state index contributed by atoms with van der Waals surface area (Å²) in [5, 5.41) is 3.30. The van der Waals surface area contributed by atoms with Gasteiger partial charge in [0, 0.05) is 9.77 Å². The number of para-hydroxylation sites is 1. The average molecular weight is 389 g/mol. The second kappa shape index (κ2) is 5.14. The van der Waals surface area contributed by atoms with E-state index in [1.165, 1.54) is 3.57 Å². The number of hydrogen-bond donors (Lipinski definition) is 1. The lowest BCUT2D eigenvalue weighted by Crippen LogP contribution is -1.96. The molecule has 1 aromatic carbocycles. The van der Waals surface area contributed by atoms with Crippen LogP contribution >= 0.6 is 38.5 Å². The maximum absolute atomic E-state index is 4.35. The van der Waals surface area contributed by atoms with Crippen molar-refractivity contribution in [3.8, 4) is 0 Å². The van der Waals surface area contributed by atoms with Crippen LogP contribution in [0.4, 0.5) is 11.5 Å². The Labute approximate surface area is 117 Å². The minimum atomic E-state index is 0.842. The van der Waals surface area contributed by atoms with Crippen molar-refractivity contribution in [2.45, 2.75) is 6.92 Å². The van der Waals surface area contributed by atoms with Crippen LogP contribution in [0.3, 0.4) is 0 Å². The van der Waals surface area contributed by atoms with E-state index in [4.69, 9.17) is 0 Å². The fraction of sp³-hybridized carbons (Fsp3) is 0.0833. The van der Waals surface area contributed by atoms with Crippen LogP contribution in [0.2, 0.25) is 0 Å². The van der Waals surface area contributed by atoms with Crippen molar-refractivity contribution < 1.29 is 0 Å². The third kappa shape index (κ3) is 2.74. The molecule has 0 saturated carbocycles. The predicted octanol–water partition coefficient (Wildman–Crippen LogP) is 4.50. The Morgan fingerprint density at radius 1 is 1.31 bits per heavy atom. The molecule has 0 unspecified atom stereocenters. The summed E-state index contributed by atoms with van der Waals surface area (Å²) in [7, 11) is 0. The molecule has 1 N–H and O–H groups in total. The number of anilines is 2. The third-order valence-electron chi connectivity index (χ3n) is 2.10. The van der Waals surface area contributed by atoms with E-state index in [1.807, 2.05) is 37.4 Å². The lowest BCUT2D eigenvalue weighted by Gasteiger charge is -2.09. The van der Waals surface area contributed by atoms with Gasteiger partial charge >= 0.3 is 0 Å². The van der Waals surface area contributed by atoms with Crippen LogP contribution in [0, 0.1) is 10.5 Å². The first kappa shape index (κ1) is 11.9. The molecule has 0 bridgehead atoms. The van der Waals surface area contributed by atoms with Crippen LogP contribution in [0.15, 0.2) is 41.0 Å². The first-order chi connectivity index (χ1) is 7.66. The van der Waals surface area contributed by atoms with Crippen LogP contribution in [-0.4, -0.2) is 4.98 Å². The maximum atomic E-state index is 4.35. The van der Waals surface area contributed by atoms with Gasteiger partial charge < -0.3 is 5.32 Å². The molecule has 0 atom stereocenters. The zero-order valence-corrected chi connectivity index (χ0v) is 12.4. The van der Waals surface area contributed by atoms with Crippen LogP contribution in [-0.2, 0) is 0 Å². The molecule has 4 heteroatoms. The van der Waals surface area contributed by atoms with Gasteiger partial charge in [0.15, 0.2) is 0 Å².